The third-order valence-electron chi connectivity index (χ3n) is 3.62. The number of carbonyl (C=O) groups is 3. The third kappa shape index (κ3) is 4.64. The molecule has 0 atom stereocenters. The van der Waals surface area contributed by atoms with E-state index in [9.17, 15) is 14.4 Å². The number of hydrogen-bond donors (Lipinski definition) is 1. The molecular formula is C18H18ClNO6. The van der Waals surface area contributed by atoms with Crippen LogP contribution in [0.3, 0.4) is 0 Å². The first-order chi connectivity index (χ1) is 12.3. The van der Waals surface area contributed by atoms with Gasteiger partial charge < -0.3 is 19.2 Å². The summed E-state index contributed by atoms with van der Waals surface area (Å²) in [5, 5.41) is 0.477. The monoisotopic (exact) mass is 379 g/mol. The van der Waals surface area contributed by atoms with Crippen molar-refractivity contribution in [2.24, 2.45) is 0 Å². The number of methoxy groups -OCH3 is 1. The summed E-state index contributed by atoms with van der Waals surface area (Å²) in [6, 6.07) is 6.56. The third-order valence-corrected chi connectivity index (χ3v) is 3.86. The van der Waals surface area contributed by atoms with Crippen LogP contribution in [0.25, 0.3) is 0 Å². The van der Waals surface area contributed by atoms with Crippen LogP contribution in [0.15, 0.2) is 24.3 Å². The van der Waals surface area contributed by atoms with Gasteiger partial charge in [0.25, 0.3) is 0 Å². The molecule has 2 rings (SSSR count). The molecule has 0 bridgehead atoms. The lowest BCUT2D eigenvalue weighted by Crippen LogP contribution is -2.20. The van der Waals surface area contributed by atoms with Crippen LogP contribution >= 0.6 is 11.6 Å². The van der Waals surface area contributed by atoms with Crippen LogP contribution in [0.5, 0.6) is 5.75 Å². The zero-order valence-corrected chi connectivity index (χ0v) is 15.3. The van der Waals surface area contributed by atoms with Crippen LogP contribution in [0.2, 0.25) is 5.02 Å². The molecule has 1 aromatic heterocycles. The summed E-state index contributed by atoms with van der Waals surface area (Å²) in [6.07, 6.45) is 0. The number of ketones is 1. The number of aromatic nitrogens is 1. The van der Waals surface area contributed by atoms with E-state index in [4.69, 9.17) is 25.8 Å². The Morgan fingerprint density at radius 2 is 1.88 bits per heavy atom. The van der Waals surface area contributed by atoms with Crippen LogP contribution in [0.1, 0.15) is 32.1 Å². The number of aromatic amines is 1. The predicted octanol–water partition coefficient (Wildman–Crippen LogP) is 2.88. The average Bonchev–Trinajstić information content (AvgIpc) is 2.91. The molecule has 0 fully saturated rings. The molecule has 0 aliphatic rings. The molecule has 0 saturated carbocycles. The number of benzene rings is 1. The number of hydrogen-bond acceptors (Lipinski definition) is 6. The van der Waals surface area contributed by atoms with Gasteiger partial charge in [0.15, 0.2) is 13.2 Å². The fourth-order valence-electron chi connectivity index (χ4n) is 2.40. The van der Waals surface area contributed by atoms with Crippen LogP contribution in [0.4, 0.5) is 0 Å². The van der Waals surface area contributed by atoms with Crippen LogP contribution in [-0.4, -0.2) is 43.0 Å². The minimum absolute atomic E-state index is 0.200. The molecule has 138 valence electrons. The van der Waals surface area contributed by atoms with Crippen molar-refractivity contribution in [3.05, 3.63) is 51.8 Å². The Morgan fingerprint density at radius 1 is 1.15 bits per heavy atom. The second-order valence-corrected chi connectivity index (χ2v) is 5.88. The molecule has 2 aromatic rings. The van der Waals surface area contributed by atoms with Crippen molar-refractivity contribution < 1.29 is 28.6 Å². The highest BCUT2D eigenvalue weighted by Gasteiger charge is 2.23. The normalized spacial score (nSPS) is 10.3. The quantitative estimate of drug-likeness (QED) is 0.587. The van der Waals surface area contributed by atoms with Gasteiger partial charge in [0.05, 0.1) is 18.4 Å². The van der Waals surface area contributed by atoms with Gasteiger partial charge in [-0.25, -0.2) is 9.59 Å². The first-order valence-corrected chi connectivity index (χ1v) is 8.06. The SMILES string of the molecule is COC(=O)c1c(C)[nH]c(C(=O)COC(=O)COc2cccc(Cl)c2)c1C. The lowest BCUT2D eigenvalue weighted by atomic mass is 10.1. The molecule has 0 aliphatic heterocycles. The van der Waals surface area contributed by atoms with Crippen molar-refractivity contribution in [1.29, 1.82) is 0 Å². The number of aryl methyl sites for hydroxylation is 1. The Labute approximate surface area is 155 Å². The zero-order chi connectivity index (χ0) is 19.3. The van der Waals surface area contributed by atoms with E-state index < -0.39 is 24.3 Å². The van der Waals surface area contributed by atoms with E-state index in [-0.39, 0.29) is 12.3 Å². The lowest BCUT2D eigenvalue weighted by Gasteiger charge is -2.07. The Morgan fingerprint density at radius 3 is 2.54 bits per heavy atom. The van der Waals surface area contributed by atoms with Gasteiger partial charge >= 0.3 is 11.9 Å². The number of rotatable bonds is 7. The molecule has 0 amide bonds. The molecule has 0 aliphatic carbocycles. The summed E-state index contributed by atoms with van der Waals surface area (Å²) in [6.45, 7) is 2.44. The molecule has 1 heterocycles. The number of nitrogens with one attached hydrogen (secondary N) is 1. The highest BCUT2D eigenvalue weighted by atomic mass is 35.5. The first-order valence-electron chi connectivity index (χ1n) is 7.68. The molecule has 0 saturated heterocycles. The molecular weight excluding hydrogens is 362 g/mol. The molecule has 0 unspecified atom stereocenters. The van der Waals surface area contributed by atoms with Gasteiger partial charge in [-0.2, -0.15) is 0 Å². The molecule has 0 radical (unpaired) electrons. The summed E-state index contributed by atoms with van der Waals surface area (Å²) >= 11 is 5.82. The number of Topliss-reactive ketones (excluding diaryl/α,β-unsaturated/α-hetero) is 1. The van der Waals surface area contributed by atoms with Crippen molar-refractivity contribution in [2.45, 2.75) is 13.8 Å². The number of halogens is 1. The van der Waals surface area contributed by atoms with Crippen molar-refractivity contribution in [2.75, 3.05) is 20.3 Å². The summed E-state index contributed by atoms with van der Waals surface area (Å²) in [5.41, 5.74) is 1.46. The Balaban J connectivity index is 1.92. The molecule has 1 N–H and O–H groups in total. The van der Waals surface area contributed by atoms with E-state index in [0.29, 0.717) is 27.6 Å². The van der Waals surface area contributed by atoms with Crippen LogP contribution in [0, 0.1) is 13.8 Å². The Kier molecular flexibility index (Phi) is 6.41. The van der Waals surface area contributed by atoms with Gasteiger partial charge in [0, 0.05) is 10.7 Å². The van der Waals surface area contributed by atoms with Crippen LogP contribution in [-0.2, 0) is 14.3 Å². The molecule has 0 spiro atoms. The number of esters is 2. The molecule has 26 heavy (non-hydrogen) atoms. The summed E-state index contributed by atoms with van der Waals surface area (Å²) < 4.78 is 14.8. The van der Waals surface area contributed by atoms with E-state index in [1.165, 1.54) is 7.11 Å². The van der Waals surface area contributed by atoms with E-state index in [1.807, 2.05) is 0 Å². The van der Waals surface area contributed by atoms with Crippen molar-refractivity contribution in [3.8, 4) is 5.75 Å². The largest absolute Gasteiger partial charge is 0.482 e. The molecule has 1 aromatic carbocycles. The topological polar surface area (TPSA) is 94.7 Å². The second kappa shape index (κ2) is 8.53. The molecule has 8 heteroatoms. The van der Waals surface area contributed by atoms with Crippen LogP contribution < -0.4 is 4.74 Å². The Bertz CT molecular complexity index is 842. The number of H-pyrrole nitrogens is 1. The maximum Gasteiger partial charge on any atom is 0.344 e. The average molecular weight is 380 g/mol. The Hall–Kier alpha value is -2.80. The maximum atomic E-state index is 12.2. The lowest BCUT2D eigenvalue weighted by molar-refractivity contribution is -0.144. The van der Waals surface area contributed by atoms with E-state index in [0.717, 1.165) is 0 Å². The van der Waals surface area contributed by atoms with Gasteiger partial charge in [-0.15, -0.1) is 0 Å². The second-order valence-electron chi connectivity index (χ2n) is 5.45. The smallest absolute Gasteiger partial charge is 0.344 e. The number of carbonyl (C=O) groups excluding carboxylic acids is 3. The summed E-state index contributed by atoms with van der Waals surface area (Å²) in [4.78, 5) is 38.5. The predicted molar refractivity (Wildman–Crippen MR) is 93.8 cm³/mol. The molecule has 7 nitrogen and oxygen atoms in total. The fraction of sp³-hybridized carbons (Fsp3) is 0.278. The van der Waals surface area contributed by atoms with E-state index in [1.54, 1.807) is 38.1 Å². The highest BCUT2D eigenvalue weighted by molar-refractivity contribution is 6.30. The van der Waals surface area contributed by atoms with Gasteiger partial charge in [-0.05, 0) is 37.6 Å². The van der Waals surface area contributed by atoms with Crippen molar-refractivity contribution in [3.63, 3.8) is 0 Å². The van der Waals surface area contributed by atoms with Gasteiger partial charge in [-0.1, -0.05) is 17.7 Å². The summed E-state index contributed by atoms with van der Waals surface area (Å²) in [5.74, 6) is -1.29. The zero-order valence-electron chi connectivity index (χ0n) is 14.6. The van der Waals surface area contributed by atoms with E-state index in [2.05, 4.69) is 4.98 Å². The van der Waals surface area contributed by atoms with Gasteiger partial charge in [0.2, 0.25) is 5.78 Å². The van der Waals surface area contributed by atoms with Gasteiger partial charge in [0.1, 0.15) is 5.75 Å². The fourth-order valence-corrected chi connectivity index (χ4v) is 2.58. The minimum Gasteiger partial charge on any atom is -0.482 e. The number of ether oxygens (including phenoxy) is 3. The van der Waals surface area contributed by atoms with Gasteiger partial charge in [-0.3, -0.25) is 4.79 Å². The summed E-state index contributed by atoms with van der Waals surface area (Å²) in [7, 11) is 1.26. The highest BCUT2D eigenvalue weighted by Crippen LogP contribution is 2.19. The first kappa shape index (κ1) is 19.5. The van der Waals surface area contributed by atoms with Crippen molar-refractivity contribution in [1.82, 2.24) is 4.98 Å². The maximum absolute atomic E-state index is 12.2. The minimum atomic E-state index is -0.701. The van der Waals surface area contributed by atoms with Crippen molar-refractivity contribution >= 4 is 29.3 Å². The standard InChI is InChI=1S/C18H18ClNO6/c1-10-16(18(23)24-3)11(2)20-17(10)14(21)8-26-15(22)9-25-13-6-4-5-12(19)7-13/h4-7,20H,8-9H2,1-3H3. The van der Waals surface area contributed by atoms with E-state index >= 15 is 0 Å².